The number of carbonyl (C=O) groups excluding carboxylic acids is 1. The van der Waals surface area contributed by atoms with Crippen molar-refractivity contribution in [3.05, 3.63) is 17.5 Å². The molecule has 1 N–H and O–H groups in total. The maximum atomic E-state index is 11.2. The molecule has 0 bridgehead atoms. The fourth-order valence-corrected chi connectivity index (χ4v) is 3.22. The first-order valence-corrected chi connectivity index (χ1v) is 6.05. The highest BCUT2D eigenvalue weighted by molar-refractivity contribution is 8.17. The molecule has 1 aromatic rings. The first-order valence-electron chi connectivity index (χ1n) is 2.81. The molecule has 7 heteroatoms. The first kappa shape index (κ1) is 9.72. The van der Waals surface area contributed by atoms with E-state index in [1.807, 2.05) is 4.13 Å². The SMILES string of the molecule is O=CSNS(=O)(=O)c1cccs1. The quantitative estimate of drug-likeness (QED) is 0.607. The third-order valence-electron chi connectivity index (χ3n) is 0.966. The molecule has 0 atom stereocenters. The molecule has 0 spiro atoms. The average molecular weight is 223 g/mol. The van der Waals surface area contributed by atoms with Crippen molar-refractivity contribution >= 4 is 38.9 Å². The summed E-state index contributed by atoms with van der Waals surface area (Å²) in [4.78, 5) is 9.86. The Hall–Kier alpha value is -0.370. The van der Waals surface area contributed by atoms with Crippen LogP contribution < -0.4 is 4.13 Å². The third-order valence-corrected chi connectivity index (χ3v) is 4.60. The number of nitrogens with one attached hydrogen (secondary N) is 1. The minimum absolute atomic E-state index is 0.205. The first-order chi connectivity index (χ1) is 5.67. The summed E-state index contributed by atoms with van der Waals surface area (Å²) in [7, 11) is -3.48. The fourth-order valence-electron chi connectivity index (χ4n) is 0.540. The predicted octanol–water partition coefficient (Wildman–Crippen LogP) is 0.865. The van der Waals surface area contributed by atoms with E-state index in [0.717, 1.165) is 11.3 Å². The molecule has 0 aliphatic rings. The van der Waals surface area contributed by atoms with E-state index in [1.54, 1.807) is 11.4 Å². The molecule has 4 nitrogen and oxygen atoms in total. The van der Waals surface area contributed by atoms with E-state index in [0.29, 0.717) is 17.6 Å². The Morgan fingerprint density at radius 2 is 2.33 bits per heavy atom. The average Bonchev–Trinajstić information content (AvgIpc) is 2.53. The summed E-state index contributed by atoms with van der Waals surface area (Å²) in [5, 5.41) is 1.65. The summed E-state index contributed by atoms with van der Waals surface area (Å²) in [6, 6.07) is 3.10. The van der Waals surface area contributed by atoms with Crippen LogP contribution >= 0.6 is 23.3 Å². The molecule has 0 aromatic carbocycles. The largest absolute Gasteiger partial charge is 0.290 e. The Bertz CT molecular complexity index is 342. The van der Waals surface area contributed by atoms with Crippen LogP contribution in [0.2, 0.25) is 0 Å². The lowest BCUT2D eigenvalue weighted by molar-refractivity contribution is 0.569. The predicted molar refractivity (Wildman–Crippen MR) is 49.0 cm³/mol. The van der Waals surface area contributed by atoms with E-state index >= 15 is 0 Å². The number of carbonyl (C=O) groups is 1. The van der Waals surface area contributed by atoms with Crippen LogP contribution in [0.3, 0.4) is 0 Å². The highest BCUT2D eigenvalue weighted by atomic mass is 32.3. The molecule has 0 aliphatic heterocycles. The van der Waals surface area contributed by atoms with Gasteiger partial charge in [0, 0.05) is 11.9 Å². The van der Waals surface area contributed by atoms with Crippen LogP contribution in [-0.2, 0) is 14.8 Å². The Labute approximate surface area is 78.2 Å². The van der Waals surface area contributed by atoms with Crippen LogP contribution in [0.1, 0.15) is 0 Å². The molecule has 0 aliphatic carbocycles. The molecule has 0 fully saturated rings. The van der Waals surface area contributed by atoms with Gasteiger partial charge in [0.1, 0.15) is 4.21 Å². The maximum Gasteiger partial charge on any atom is 0.259 e. The summed E-state index contributed by atoms with van der Waals surface area (Å²) >= 11 is 1.60. The summed E-state index contributed by atoms with van der Waals surface area (Å²) in [6.45, 7) is 0. The van der Waals surface area contributed by atoms with Crippen molar-refractivity contribution in [2.75, 3.05) is 0 Å². The van der Waals surface area contributed by atoms with Crippen molar-refractivity contribution < 1.29 is 13.2 Å². The number of thiophene rings is 1. The Morgan fingerprint density at radius 3 is 2.83 bits per heavy atom. The highest BCUT2D eigenvalue weighted by Crippen LogP contribution is 2.16. The lowest BCUT2D eigenvalue weighted by atomic mass is 10.7. The Kier molecular flexibility index (Phi) is 3.27. The molecular weight excluding hydrogens is 218 g/mol. The lowest BCUT2D eigenvalue weighted by Crippen LogP contribution is -2.15. The van der Waals surface area contributed by atoms with E-state index in [1.165, 1.54) is 6.07 Å². The second kappa shape index (κ2) is 4.04. The van der Waals surface area contributed by atoms with E-state index in [9.17, 15) is 13.2 Å². The van der Waals surface area contributed by atoms with E-state index < -0.39 is 10.0 Å². The van der Waals surface area contributed by atoms with E-state index in [4.69, 9.17) is 0 Å². The Balaban J connectivity index is 2.80. The van der Waals surface area contributed by atoms with Gasteiger partial charge in [0.15, 0.2) is 5.62 Å². The van der Waals surface area contributed by atoms with E-state index in [2.05, 4.69) is 0 Å². The van der Waals surface area contributed by atoms with Gasteiger partial charge < -0.3 is 0 Å². The molecule has 0 unspecified atom stereocenters. The van der Waals surface area contributed by atoms with Crippen LogP contribution in [0.5, 0.6) is 0 Å². The van der Waals surface area contributed by atoms with Gasteiger partial charge in [-0.25, -0.2) is 8.42 Å². The van der Waals surface area contributed by atoms with E-state index in [-0.39, 0.29) is 4.21 Å². The van der Waals surface area contributed by atoms with Crippen LogP contribution in [0.4, 0.5) is 0 Å². The molecule has 0 saturated carbocycles. The molecule has 0 radical (unpaired) electrons. The number of hydrogen-bond acceptors (Lipinski definition) is 5. The summed E-state index contributed by atoms with van der Waals surface area (Å²) in [6.07, 6.45) is 0. The van der Waals surface area contributed by atoms with Gasteiger partial charge in [-0.15, -0.1) is 15.5 Å². The minimum atomic E-state index is -3.48. The zero-order chi connectivity index (χ0) is 9.03. The molecule has 0 saturated heterocycles. The molecule has 1 aromatic heterocycles. The molecule has 1 heterocycles. The van der Waals surface area contributed by atoms with Crippen LogP contribution in [-0.4, -0.2) is 14.0 Å². The van der Waals surface area contributed by atoms with Crippen molar-refractivity contribution in [2.24, 2.45) is 0 Å². The smallest absolute Gasteiger partial charge is 0.259 e. The molecule has 0 amide bonds. The fraction of sp³-hybridized carbons (Fsp3) is 0. The zero-order valence-corrected chi connectivity index (χ0v) is 8.21. The second-order valence-corrected chi connectivity index (χ2v) is 5.48. The van der Waals surface area contributed by atoms with Crippen molar-refractivity contribution in [3.8, 4) is 0 Å². The van der Waals surface area contributed by atoms with Gasteiger partial charge in [0.05, 0.1) is 0 Å². The van der Waals surface area contributed by atoms with Gasteiger partial charge >= 0.3 is 0 Å². The number of sulfonamides is 1. The van der Waals surface area contributed by atoms with Crippen molar-refractivity contribution in [3.63, 3.8) is 0 Å². The van der Waals surface area contributed by atoms with Gasteiger partial charge in [-0.1, -0.05) is 6.07 Å². The standard InChI is InChI=1S/C5H5NO3S3/c7-4-11-6-12(8,9)5-2-1-3-10-5/h1-4,6H. The number of hydrogen-bond donors (Lipinski definition) is 1. The van der Waals surface area contributed by atoms with Crippen LogP contribution in [0.25, 0.3) is 0 Å². The molecule has 66 valence electrons. The normalized spacial score (nSPS) is 11.3. The maximum absolute atomic E-state index is 11.2. The summed E-state index contributed by atoms with van der Waals surface area (Å²) < 4.78 is 24.6. The zero-order valence-electron chi connectivity index (χ0n) is 5.76. The third kappa shape index (κ3) is 2.31. The van der Waals surface area contributed by atoms with Gasteiger partial charge in [-0.05, 0) is 11.4 Å². The lowest BCUT2D eigenvalue weighted by Gasteiger charge is -1.97. The van der Waals surface area contributed by atoms with Crippen molar-refractivity contribution in [1.29, 1.82) is 0 Å². The summed E-state index contributed by atoms with van der Waals surface area (Å²) in [5.74, 6) is 0. The van der Waals surface area contributed by atoms with Crippen LogP contribution in [0.15, 0.2) is 21.7 Å². The monoisotopic (exact) mass is 223 g/mol. The molecule has 12 heavy (non-hydrogen) atoms. The topological polar surface area (TPSA) is 63.2 Å². The van der Waals surface area contributed by atoms with Crippen LogP contribution in [0, 0.1) is 0 Å². The van der Waals surface area contributed by atoms with Gasteiger partial charge in [0.2, 0.25) is 0 Å². The van der Waals surface area contributed by atoms with Gasteiger partial charge in [-0.2, -0.15) is 0 Å². The summed E-state index contributed by atoms with van der Waals surface area (Å²) in [5.41, 5.74) is 0.422. The van der Waals surface area contributed by atoms with Crippen molar-refractivity contribution in [2.45, 2.75) is 4.21 Å². The molecular formula is C5H5NO3S3. The second-order valence-electron chi connectivity index (χ2n) is 1.73. The number of rotatable bonds is 4. The Morgan fingerprint density at radius 1 is 1.58 bits per heavy atom. The minimum Gasteiger partial charge on any atom is -0.290 e. The molecule has 1 rings (SSSR count). The van der Waals surface area contributed by atoms with Gasteiger partial charge in [-0.3, -0.25) is 4.79 Å². The highest BCUT2D eigenvalue weighted by Gasteiger charge is 2.13. The van der Waals surface area contributed by atoms with Crippen molar-refractivity contribution in [1.82, 2.24) is 4.13 Å². The van der Waals surface area contributed by atoms with Gasteiger partial charge in [0.25, 0.3) is 10.0 Å².